The Hall–Kier alpha value is -3.09. The molecule has 0 bridgehead atoms. The predicted octanol–water partition coefficient (Wildman–Crippen LogP) is 2.32. The van der Waals surface area contributed by atoms with Gasteiger partial charge in [-0.15, -0.1) is 0 Å². The summed E-state index contributed by atoms with van der Waals surface area (Å²) >= 11 is 0. The third-order valence-corrected chi connectivity index (χ3v) is 4.49. The number of likely N-dealkylation sites (tertiary alicyclic amines) is 1. The number of aryl methyl sites for hydroxylation is 1. The van der Waals surface area contributed by atoms with E-state index in [9.17, 15) is 14.4 Å². The maximum atomic E-state index is 12.5. The zero-order valence-electron chi connectivity index (χ0n) is 14.4. The zero-order chi connectivity index (χ0) is 18.7. The molecule has 7 heteroatoms. The Morgan fingerprint density at radius 2 is 1.77 bits per heavy atom. The molecule has 1 aromatic heterocycles. The van der Waals surface area contributed by atoms with Crippen molar-refractivity contribution >= 4 is 17.8 Å². The van der Waals surface area contributed by atoms with E-state index < -0.39 is 11.9 Å². The summed E-state index contributed by atoms with van der Waals surface area (Å²) in [5.74, 6) is -1.62. The first kappa shape index (κ1) is 17.7. The lowest BCUT2D eigenvalue weighted by molar-refractivity contribution is 0.0684. The fourth-order valence-electron chi connectivity index (χ4n) is 2.93. The van der Waals surface area contributed by atoms with Gasteiger partial charge in [-0.25, -0.2) is 4.79 Å². The van der Waals surface area contributed by atoms with Gasteiger partial charge in [-0.3, -0.25) is 9.59 Å². The molecular formula is C19H20N2O5. The topological polar surface area (TPSA) is 99.9 Å². The highest BCUT2D eigenvalue weighted by Gasteiger charge is 2.25. The molecule has 1 fully saturated rings. The number of carbonyl (C=O) groups excluding carboxylic acids is 2. The Kier molecular flexibility index (Phi) is 5.06. The van der Waals surface area contributed by atoms with Gasteiger partial charge < -0.3 is 19.7 Å². The van der Waals surface area contributed by atoms with Crippen molar-refractivity contribution in [3.05, 3.63) is 59.0 Å². The van der Waals surface area contributed by atoms with Crippen molar-refractivity contribution in [1.82, 2.24) is 10.2 Å². The van der Waals surface area contributed by atoms with E-state index in [1.54, 1.807) is 4.90 Å². The monoisotopic (exact) mass is 356 g/mol. The number of benzene rings is 1. The van der Waals surface area contributed by atoms with E-state index in [1.807, 2.05) is 31.2 Å². The molecule has 1 aliphatic rings. The van der Waals surface area contributed by atoms with Crippen molar-refractivity contribution in [3.8, 4) is 0 Å². The van der Waals surface area contributed by atoms with Gasteiger partial charge in [0.25, 0.3) is 11.8 Å². The first-order valence-corrected chi connectivity index (χ1v) is 8.42. The van der Waals surface area contributed by atoms with Crippen molar-refractivity contribution in [3.63, 3.8) is 0 Å². The second-order valence-corrected chi connectivity index (χ2v) is 6.41. The van der Waals surface area contributed by atoms with E-state index in [-0.39, 0.29) is 23.3 Å². The molecule has 0 unspecified atom stereocenters. The summed E-state index contributed by atoms with van der Waals surface area (Å²) in [6.45, 7) is 3.08. The van der Waals surface area contributed by atoms with Crippen molar-refractivity contribution in [2.75, 3.05) is 13.1 Å². The van der Waals surface area contributed by atoms with Gasteiger partial charge in [0, 0.05) is 30.8 Å². The Morgan fingerprint density at radius 3 is 2.35 bits per heavy atom. The van der Waals surface area contributed by atoms with Gasteiger partial charge in [0.05, 0.1) is 5.56 Å². The quantitative estimate of drug-likeness (QED) is 0.876. The van der Waals surface area contributed by atoms with E-state index in [1.165, 1.54) is 6.07 Å². The zero-order valence-corrected chi connectivity index (χ0v) is 14.4. The number of hydrogen-bond acceptors (Lipinski definition) is 4. The van der Waals surface area contributed by atoms with Crippen LogP contribution in [0.1, 0.15) is 49.7 Å². The Morgan fingerprint density at radius 1 is 1.12 bits per heavy atom. The minimum Gasteiger partial charge on any atom is -0.478 e. The first-order valence-electron chi connectivity index (χ1n) is 8.42. The highest BCUT2D eigenvalue weighted by atomic mass is 16.4. The number of rotatable bonds is 4. The molecule has 1 aliphatic heterocycles. The lowest BCUT2D eigenvalue weighted by atomic mass is 10.0. The molecule has 0 saturated carbocycles. The summed E-state index contributed by atoms with van der Waals surface area (Å²) < 4.78 is 5.00. The van der Waals surface area contributed by atoms with Crippen LogP contribution in [0.5, 0.6) is 0 Å². The molecule has 0 spiro atoms. The molecule has 0 radical (unpaired) electrons. The highest BCUT2D eigenvalue weighted by Crippen LogP contribution is 2.16. The highest BCUT2D eigenvalue weighted by molar-refractivity contribution is 5.96. The SMILES string of the molecule is Cc1ccc(C(=O)N2CCC(NC(=O)c3cc(C(=O)O)co3)CC2)cc1. The first-order chi connectivity index (χ1) is 12.4. The third-order valence-electron chi connectivity index (χ3n) is 4.49. The van der Waals surface area contributed by atoms with E-state index in [2.05, 4.69) is 5.32 Å². The van der Waals surface area contributed by atoms with Crippen LogP contribution >= 0.6 is 0 Å². The van der Waals surface area contributed by atoms with Crippen LogP contribution in [-0.2, 0) is 0 Å². The second-order valence-electron chi connectivity index (χ2n) is 6.41. The van der Waals surface area contributed by atoms with E-state index >= 15 is 0 Å². The van der Waals surface area contributed by atoms with Crippen LogP contribution in [0.15, 0.2) is 41.0 Å². The predicted molar refractivity (Wildman–Crippen MR) is 93.2 cm³/mol. The van der Waals surface area contributed by atoms with Gasteiger partial charge in [-0.1, -0.05) is 17.7 Å². The van der Waals surface area contributed by atoms with Gasteiger partial charge in [-0.2, -0.15) is 0 Å². The van der Waals surface area contributed by atoms with Gasteiger partial charge in [-0.05, 0) is 31.9 Å². The molecule has 2 amide bonds. The molecule has 136 valence electrons. The molecule has 3 rings (SSSR count). The Labute approximate surface area is 150 Å². The van der Waals surface area contributed by atoms with Crippen LogP contribution in [0.4, 0.5) is 0 Å². The average molecular weight is 356 g/mol. The van der Waals surface area contributed by atoms with Crippen molar-refractivity contribution in [2.45, 2.75) is 25.8 Å². The lowest BCUT2D eigenvalue weighted by Gasteiger charge is -2.32. The van der Waals surface area contributed by atoms with Crippen LogP contribution in [0.25, 0.3) is 0 Å². The number of hydrogen-bond donors (Lipinski definition) is 2. The molecule has 0 atom stereocenters. The fourth-order valence-corrected chi connectivity index (χ4v) is 2.93. The lowest BCUT2D eigenvalue weighted by Crippen LogP contribution is -2.46. The summed E-state index contributed by atoms with van der Waals surface area (Å²) in [6, 6.07) is 8.59. The molecule has 0 aliphatic carbocycles. The summed E-state index contributed by atoms with van der Waals surface area (Å²) in [6.07, 6.45) is 2.31. The van der Waals surface area contributed by atoms with E-state index in [0.29, 0.717) is 31.5 Å². The molecular weight excluding hydrogens is 336 g/mol. The number of carboxylic acid groups (broad SMARTS) is 1. The minimum absolute atomic E-state index is 0.00749. The average Bonchev–Trinajstić information content (AvgIpc) is 3.13. The normalized spacial score (nSPS) is 14.9. The molecule has 2 heterocycles. The number of aromatic carboxylic acids is 1. The number of amides is 2. The Balaban J connectivity index is 1.53. The van der Waals surface area contributed by atoms with Crippen LogP contribution in [0.2, 0.25) is 0 Å². The number of furan rings is 1. The van der Waals surface area contributed by atoms with Crippen LogP contribution in [0, 0.1) is 6.92 Å². The number of carboxylic acids is 1. The van der Waals surface area contributed by atoms with Crippen LogP contribution in [-0.4, -0.2) is 46.9 Å². The smallest absolute Gasteiger partial charge is 0.338 e. The molecule has 7 nitrogen and oxygen atoms in total. The summed E-state index contributed by atoms with van der Waals surface area (Å²) in [5.41, 5.74) is 1.70. The van der Waals surface area contributed by atoms with Gasteiger partial charge in [0.2, 0.25) is 0 Å². The molecule has 1 saturated heterocycles. The van der Waals surface area contributed by atoms with Crippen molar-refractivity contribution in [1.29, 1.82) is 0 Å². The van der Waals surface area contributed by atoms with Gasteiger partial charge in [0.1, 0.15) is 6.26 Å². The van der Waals surface area contributed by atoms with E-state index in [0.717, 1.165) is 11.8 Å². The number of carbonyl (C=O) groups is 3. The molecule has 2 aromatic rings. The van der Waals surface area contributed by atoms with Crippen LogP contribution in [0.3, 0.4) is 0 Å². The third kappa shape index (κ3) is 3.93. The molecule has 1 aromatic carbocycles. The molecule has 2 N–H and O–H groups in total. The van der Waals surface area contributed by atoms with Gasteiger partial charge in [0.15, 0.2) is 5.76 Å². The van der Waals surface area contributed by atoms with Crippen molar-refractivity contribution < 1.29 is 23.9 Å². The Bertz CT molecular complexity index is 817. The van der Waals surface area contributed by atoms with E-state index in [4.69, 9.17) is 9.52 Å². The van der Waals surface area contributed by atoms with Crippen LogP contribution < -0.4 is 5.32 Å². The standard InChI is InChI=1S/C19H20N2O5/c1-12-2-4-13(5-3-12)18(23)21-8-6-15(7-9-21)20-17(22)16-10-14(11-26-16)19(24)25/h2-5,10-11,15H,6-9H2,1H3,(H,20,22)(H,24,25). The second kappa shape index (κ2) is 7.43. The number of piperidine rings is 1. The summed E-state index contributed by atoms with van der Waals surface area (Å²) in [5, 5.41) is 11.7. The van der Waals surface area contributed by atoms with Crippen molar-refractivity contribution in [2.24, 2.45) is 0 Å². The molecule has 26 heavy (non-hydrogen) atoms. The minimum atomic E-state index is -1.14. The maximum Gasteiger partial charge on any atom is 0.338 e. The maximum absolute atomic E-state index is 12.5. The summed E-state index contributed by atoms with van der Waals surface area (Å²) in [7, 11) is 0. The number of nitrogens with zero attached hydrogens (tertiary/aromatic N) is 1. The number of nitrogens with one attached hydrogen (secondary N) is 1. The fraction of sp³-hybridized carbons (Fsp3) is 0.316. The summed E-state index contributed by atoms with van der Waals surface area (Å²) in [4.78, 5) is 37.2. The largest absolute Gasteiger partial charge is 0.478 e. The van der Waals surface area contributed by atoms with Gasteiger partial charge >= 0.3 is 5.97 Å².